The molecule has 1 amide bonds. The van der Waals surface area contributed by atoms with Gasteiger partial charge in [-0.15, -0.1) is 24.8 Å². The molecule has 138 valence electrons. The van der Waals surface area contributed by atoms with Crippen LogP contribution in [0.4, 0.5) is 0 Å². The molecule has 2 fully saturated rings. The number of halogens is 2. The fourth-order valence-electron chi connectivity index (χ4n) is 3.35. The minimum Gasteiger partial charge on any atom is -0.373 e. The lowest BCUT2D eigenvalue weighted by atomic mass is 9.99. The molecule has 0 bridgehead atoms. The molecule has 0 spiro atoms. The van der Waals surface area contributed by atoms with E-state index in [0.29, 0.717) is 12.5 Å². The molecule has 4 atom stereocenters. The molecule has 1 saturated carbocycles. The second-order valence-corrected chi connectivity index (χ2v) is 7.15. The van der Waals surface area contributed by atoms with Crippen LogP contribution in [0.5, 0.6) is 0 Å². The van der Waals surface area contributed by atoms with Gasteiger partial charge in [0.05, 0.1) is 18.2 Å². The van der Waals surface area contributed by atoms with Crippen LogP contribution < -0.4 is 11.1 Å². The van der Waals surface area contributed by atoms with E-state index < -0.39 is 0 Å². The van der Waals surface area contributed by atoms with Crippen LogP contribution in [0, 0.1) is 11.8 Å². The summed E-state index contributed by atoms with van der Waals surface area (Å²) in [5.74, 6) is 1.01. The first kappa shape index (κ1) is 22.9. The maximum Gasteiger partial charge on any atom is 0.237 e. The highest BCUT2D eigenvalue weighted by Crippen LogP contribution is 2.31. The van der Waals surface area contributed by atoms with Crippen LogP contribution in [0.3, 0.4) is 0 Å². The second-order valence-electron chi connectivity index (χ2n) is 7.15. The van der Waals surface area contributed by atoms with E-state index in [1.165, 1.54) is 12.8 Å². The molecule has 0 radical (unpaired) electrons. The summed E-state index contributed by atoms with van der Waals surface area (Å²) in [6.45, 7) is 10.6. The quantitative estimate of drug-likeness (QED) is 0.749. The van der Waals surface area contributed by atoms with E-state index in [9.17, 15) is 4.79 Å². The Morgan fingerprint density at radius 3 is 2.17 bits per heavy atom. The molecule has 0 aromatic carbocycles. The van der Waals surface area contributed by atoms with Crippen molar-refractivity contribution < 1.29 is 9.53 Å². The summed E-state index contributed by atoms with van der Waals surface area (Å²) in [7, 11) is 0. The van der Waals surface area contributed by atoms with Crippen LogP contribution >= 0.6 is 24.8 Å². The summed E-state index contributed by atoms with van der Waals surface area (Å²) >= 11 is 0. The van der Waals surface area contributed by atoms with Crippen molar-refractivity contribution in [2.45, 2.75) is 64.8 Å². The van der Waals surface area contributed by atoms with Gasteiger partial charge in [0.15, 0.2) is 0 Å². The highest BCUT2D eigenvalue weighted by molar-refractivity contribution is 5.85. The molecule has 7 heteroatoms. The first-order valence-electron chi connectivity index (χ1n) is 8.31. The van der Waals surface area contributed by atoms with Gasteiger partial charge in [-0.3, -0.25) is 9.69 Å². The van der Waals surface area contributed by atoms with Crippen LogP contribution in [0.2, 0.25) is 0 Å². The molecule has 23 heavy (non-hydrogen) atoms. The number of morpholine rings is 1. The molecule has 5 nitrogen and oxygen atoms in total. The minimum absolute atomic E-state index is 0. The van der Waals surface area contributed by atoms with Gasteiger partial charge in [-0.25, -0.2) is 0 Å². The Balaban J connectivity index is 0.00000242. The Bertz CT molecular complexity index is 357. The fourth-order valence-corrected chi connectivity index (χ4v) is 3.35. The lowest BCUT2D eigenvalue weighted by Gasteiger charge is -2.41. The number of nitrogens with zero attached hydrogens (tertiary/aromatic N) is 1. The summed E-state index contributed by atoms with van der Waals surface area (Å²) in [5.41, 5.74) is 6.08. The van der Waals surface area contributed by atoms with Crippen molar-refractivity contribution in [2.24, 2.45) is 17.6 Å². The lowest BCUT2D eigenvalue weighted by molar-refractivity contribution is -0.135. The lowest BCUT2D eigenvalue weighted by Crippen LogP contribution is -2.57. The van der Waals surface area contributed by atoms with Gasteiger partial charge in [-0.05, 0) is 38.5 Å². The van der Waals surface area contributed by atoms with Crippen LogP contribution in [0.15, 0.2) is 0 Å². The third-order valence-electron chi connectivity index (χ3n) is 4.48. The van der Waals surface area contributed by atoms with Crippen molar-refractivity contribution >= 4 is 30.7 Å². The molecule has 3 N–H and O–H groups in total. The monoisotopic (exact) mass is 369 g/mol. The molecule has 1 heterocycles. The molecule has 4 unspecified atom stereocenters. The summed E-state index contributed by atoms with van der Waals surface area (Å²) in [6.07, 6.45) is 2.78. The van der Waals surface area contributed by atoms with E-state index in [-0.39, 0.29) is 60.9 Å². The highest BCUT2D eigenvalue weighted by Gasteiger charge is 2.35. The number of carbonyl (C=O) groups is 1. The number of nitrogens with two attached hydrogens (primary N) is 1. The van der Waals surface area contributed by atoms with Crippen LogP contribution in [-0.2, 0) is 9.53 Å². The van der Waals surface area contributed by atoms with E-state index in [1.807, 2.05) is 0 Å². The molecule has 0 aromatic heterocycles. The first-order chi connectivity index (χ1) is 9.88. The number of carbonyl (C=O) groups excluding carboxylic acids is 1. The normalized spacial score (nSPS) is 27.6. The van der Waals surface area contributed by atoms with Crippen molar-refractivity contribution in [3.8, 4) is 0 Å². The standard InChI is InChI=1S/C16H31N3O2.2ClH/c1-10(2)15(19-8-11(3)21-12(4)9-19)16(20)18-7-14(17)13-5-6-13;;/h10-15H,5-9,17H2,1-4H3,(H,18,20);2*1H. The first-order valence-corrected chi connectivity index (χ1v) is 8.31. The molecular formula is C16H33Cl2N3O2. The van der Waals surface area contributed by atoms with Crippen molar-refractivity contribution in [1.82, 2.24) is 10.2 Å². The van der Waals surface area contributed by atoms with E-state index in [2.05, 4.69) is 37.9 Å². The van der Waals surface area contributed by atoms with Gasteiger partial charge in [0.1, 0.15) is 0 Å². The van der Waals surface area contributed by atoms with Gasteiger partial charge in [-0.2, -0.15) is 0 Å². The average Bonchev–Trinajstić information content (AvgIpc) is 3.18. The summed E-state index contributed by atoms with van der Waals surface area (Å²) < 4.78 is 5.77. The van der Waals surface area contributed by atoms with Crippen LogP contribution in [0.25, 0.3) is 0 Å². The summed E-state index contributed by atoms with van der Waals surface area (Å²) in [5, 5.41) is 3.07. The molecular weight excluding hydrogens is 337 g/mol. The van der Waals surface area contributed by atoms with Crippen molar-refractivity contribution in [2.75, 3.05) is 19.6 Å². The topological polar surface area (TPSA) is 67.6 Å². The second kappa shape index (κ2) is 10.0. The zero-order valence-corrected chi connectivity index (χ0v) is 16.3. The molecule has 0 aromatic rings. The van der Waals surface area contributed by atoms with Crippen molar-refractivity contribution in [1.29, 1.82) is 0 Å². The van der Waals surface area contributed by atoms with Crippen LogP contribution in [-0.4, -0.2) is 54.7 Å². The Kier molecular flexibility index (Phi) is 10.0. The van der Waals surface area contributed by atoms with Gasteiger partial charge in [0, 0.05) is 25.7 Å². The molecule has 1 aliphatic carbocycles. The largest absolute Gasteiger partial charge is 0.373 e. The van der Waals surface area contributed by atoms with E-state index in [1.54, 1.807) is 0 Å². The highest BCUT2D eigenvalue weighted by atomic mass is 35.5. The summed E-state index contributed by atoms with van der Waals surface area (Å²) in [4.78, 5) is 14.9. The van der Waals surface area contributed by atoms with Gasteiger partial charge >= 0.3 is 0 Å². The Labute approximate surface area is 152 Å². The Hall–Kier alpha value is -0.0700. The number of hydrogen-bond donors (Lipinski definition) is 2. The van der Waals surface area contributed by atoms with Gasteiger partial charge < -0.3 is 15.8 Å². The predicted octanol–water partition coefficient (Wildman–Crippen LogP) is 1.82. The van der Waals surface area contributed by atoms with Crippen LogP contribution in [0.1, 0.15) is 40.5 Å². The SMILES string of the molecule is CC1CN(C(C(=O)NCC(N)C2CC2)C(C)C)CC(C)O1.Cl.Cl. The number of rotatable bonds is 6. The predicted molar refractivity (Wildman–Crippen MR) is 98.4 cm³/mol. The van der Waals surface area contributed by atoms with E-state index >= 15 is 0 Å². The number of ether oxygens (including phenoxy) is 1. The van der Waals surface area contributed by atoms with Gasteiger partial charge in [-0.1, -0.05) is 13.8 Å². The zero-order chi connectivity index (χ0) is 15.6. The van der Waals surface area contributed by atoms with Gasteiger partial charge in [0.25, 0.3) is 0 Å². The maximum atomic E-state index is 12.6. The number of nitrogens with one attached hydrogen (secondary N) is 1. The van der Waals surface area contributed by atoms with Crippen molar-refractivity contribution in [3.05, 3.63) is 0 Å². The number of amides is 1. The van der Waals surface area contributed by atoms with Crippen molar-refractivity contribution in [3.63, 3.8) is 0 Å². The number of hydrogen-bond acceptors (Lipinski definition) is 4. The van der Waals surface area contributed by atoms with Gasteiger partial charge in [0.2, 0.25) is 5.91 Å². The smallest absolute Gasteiger partial charge is 0.237 e. The molecule has 2 aliphatic rings. The Morgan fingerprint density at radius 1 is 1.22 bits per heavy atom. The van der Waals surface area contributed by atoms with E-state index in [4.69, 9.17) is 10.5 Å². The molecule has 2 rings (SSSR count). The minimum atomic E-state index is -0.0924. The zero-order valence-electron chi connectivity index (χ0n) is 14.7. The third-order valence-corrected chi connectivity index (χ3v) is 4.48. The maximum absolute atomic E-state index is 12.6. The molecule has 1 saturated heterocycles. The van der Waals surface area contributed by atoms with E-state index in [0.717, 1.165) is 13.1 Å². The average molecular weight is 370 g/mol. The fraction of sp³-hybridized carbons (Fsp3) is 0.938. The Morgan fingerprint density at radius 2 is 1.74 bits per heavy atom. The third kappa shape index (κ3) is 6.75. The molecule has 1 aliphatic heterocycles. The summed E-state index contributed by atoms with van der Waals surface area (Å²) in [6, 6.07) is 0.0227.